The van der Waals surface area contributed by atoms with Crippen molar-refractivity contribution in [3.05, 3.63) is 6.54 Å². The third kappa shape index (κ3) is 0.988. The van der Waals surface area contributed by atoms with Crippen molar-refractivity contribution in [2.45, 2.75) is 6.42 Å². The Bertz CT molecular complexity index is 114. The maximum absolute atomic E-state index is 8.39. The summed E-state index contributed by atoms with van der Waals surface area (Å²) in [5.41, 5.74) is 0. The quantitative estimate of drug-likeness (QED) is 0.456. The minimum atomic E-state index is 0.250. The Morgan fingerprint density at radius 1 is 1.88 bits per heavy atom. The summed E-state index contributed by atoms with van der Waals surface area (Å²) in [6, 6.07) is 2.22. The molecule has 1 unspecified atom stereocenters. The zero-order valence-electron chi connectivity index (χ0n) is 4.96. The summed E-state index contributed by atoms with van der Waals surface area (Å²) >= 11 is 0. The number of rotatable bonds is 0. The molecule has 1 atom stereocenters. The van der Waals surface area contributed by atoms with Crippen molar-refractivity contribution >= 4 is 0 Å². The second-order valence-corrected chi connectivity index (χ2v) is 2.18. The average Bonchev–Trinajstić information content (AvgIpc) is 2.14. The molecule has 0 aromatic rings. The molecule has 0 aromatic carbocycles. The second-order valence-electron chi connectivity index (χ2n) is 2.18. The minimum absolute atomic E-state index is 0.250. The molecular weight excluding hydrogens is 100 g/mol. The Labute approximate surface area is 49.7 Å². The molecule has 43 valence electrons. The van der Waals surface area contributed by atoms with Crippen LogP contribution in [0.3, 0.4) is 0 Å². The summed E-state index contributed by atoms with van der Waals surface area (Å²) in [5, 5.41) is 8.39. The van der Waals surface area contributed by atoms with Crippen LogP contribution in [0.25, 0.3) is 0 Å². The SMILES string of the molecule is CN1[CH]CC(C#N)C1. The normalized spacial score (nSPS) is 30.2. The van der Waals surface area contributed by atoms with E-state index in [-0.39, 0.29) is 5.92 Å². The Kier molecular flexibility index (Phi) is 1.50. The topological polar surface area (TPSA) is 27.0 Å². The molecule has 0 saturated carbocycles. The van der Waals surface area contributed by atoms with Gasteiger partial charge in [-0.05, 0) is 13.5 Å². The Balaban J connectivity index is 2.35. The third-order valence-corrected chi connectivity index (χ3v) is 1.39. The van der Waals surface area contributed by atoms with Gasteiger partial charge in [0, 0.05) is 13.1 Å². The first kappa shape index (κ1) is 5.58. The average molecular weight is 109 g/mol. The second kappa shape index (κ2) is 2.15. The summed E-state index contributed by atoms with van der Waals surface area (Å²) in [5.74, 6) is 0.250. The van der Waals surface area contributed by atoms with Crippen LogP contribution in [0, 0.1) is 23.8 Å². The minimum Gasteiger partial charge on any atom is -0.301 e. The summed E-state index contributed by atoms with van der Waals surface area (Å²) in [6.45, 7) is 2.98. The van der Waals surface area contributed by atoms with Crippen LogP contribution in [0.1, 0.15) is 6.42 Å². The van der Waals surface area contributed by atoms with E-state index in [1.54, 1.807) is 0 Å². The molecule has 1 aliphatic rings. The van der Waals surface area contributed by atoms with E-state index in [2.05, 4.69) is 17.5 Å². The van der Waals surface area contributed by atoms with Gasteiger partial charge < -0.3 is 4.90 Å². The highest BCUT2D eigenvalue weighted by atomic mass is 15.1. The van der Waals surface area contributed by atoms with E-state index in [9.17, 15) is 0 Å². The zero-order valence-corrected chi connectivity index (χ0v) is 4.96. The standard InChI is InChI=1S/C6H9N2/c1-8-3-2-6(4-7)5-8/h3,6H,2,5H2,1H3. The Hall–Kier alpha value is -0.550. The number of nitriles is 1. The van der Waals surface area contributed by atoms with Crippen LogP contribution in [0.15, 0.2) is 0 Å². The van der Waals surface area contributed by atoms with E-state index in [4.69, 9.17) is 5.26 Å². The predicted octanol–water partition coefficient (Wildman–Crippen LogP) is 0.623. The van der Waals surface area contributed by atoms with Crippen molar-refractivity contribution in [2.24, 2.45) is 5.92 Å². The highest BCUT2D eigenvalue weighted by Gasteiger charge is 2.18. The molecule has 1 rings (SSSR count). The molecule has 2 heteroatoms. The van der Waals surface area contributed by atoms with Crippen LogP contribution >= 0.6 is 0 Å². The molecule has 2 nitrogen and oxygen atoms in total. The lowest BCUT2D eigenvalue weighted by molar-refractivity contribution is 0.456. The first-order valence-corrected chi connectivity index (χ1v) is 2.76. The third-order valence-electron chi connectivity index (χ3n) is 1.39. The molecule has 0 bridgehead atoms. The van der Waals surface area contributed by atoms with Gasteiger partial charge in [-0.3, -0.25) is 0 Å². The zero-order chi connectivity index (χ0) is 5.98. The largest absolute Gasteiger partial charge is 0.301 e. The molecule has 0 N–H and O–H groups in total. The van der Waals surface area contributed by atoms with E-state index in [0.717, 1.165) is 13.0 Å². The molecule has 1 fully saturated rings. The number of hydrogen-bond donors (Lipinski definition) is 0. The van der Waals surface area contributed by atoms with Gasteiger partial charge >= 0.3 is 0 Å². The number of hydrogen-bond acceptors (Lipinski definition) is 2. The number of nitrogens with zero attached hydrogens (tertiary/aromatic N) is 2. The van der Waals surface area contributed by atoms with Crippen molar-refractivity contribution in [2.75, 3.05) is 13.6 Å². The van der Waals surface area contributed by atoms with Gasteiger partial charge in [-0.25, -0.2) is 0 Å². The molecule has 8 heavy (non-hydrogen) atoms. The van der Waals surface area contributed by atoms with Crippen LogP contribution in [-0.2, 0) is 0 Å². The van der Waals surface area contributed by atoms with E-state index < -0.39 is 0 Å². The van der Waals surface area contributed by atoms with Crippen molar-refractivity contribution < 1.29 is 0 Å². The van der Waals surface area contributed by atoms with E-state index >= 15 is 0 Å². The lowest BCUT2D eigenvalue weighted by Crippen LogP contribution is -2.10. The Morgan fingerprint density at radius 3 is 2.88 bits per heavy atom. The maximum atomic E-state index is 8.39. The fourth-order valence-corrected chi connectivity index (χ4v) is 0.897. The predicted molar refractivity (Wildman–Crippen MR) is 30.6 cm³/mol. The monoisotopic (exact) mass is 109 g/mol. The summed E-state index contributed by atoms with van der Waals surface area (Å²) in [4.78, 5) is 2.06. The lowest BCUT2D eigenvalue weighted by Gasteiger charge is -2.01. The number of likely N-dealkylation sites (tertiary alicyclic amines) is 1. The van der Waals surface area contributed by atoms with Gasteiger partial charge in [-0.2, -0.15) is 5.26 Å². The molecule has 0 spiro atoms. The maximum Gasteiger partial charge on any atom is 0.0669 e. The van der Waals surface area contributed by atoms with Crippen molar-refractivity contribution in [3.8, 4) is 6.07 Å². The first-order valence-electron chi connectivity index (χ1n) is 2.76. The lowest BCUT2D eigenvalue weighted by atomic mass is 10.1. The van der Waals surface area contributed by atoms with Crippen molar-refractivity contribution in [1.82, 2.24) is 4.90 Å². The van der Waals surface area contributed by atoms with Crippen molar-refractivity contribution in [3.63, 3.8) is 0 Å². The molecule has 1 aliphatic heterocycles. The van der Waals surface area contributed by atoms with Crippen LogP contribution in [0.4, 0.5) is 0 Å². The molecular formula is C6H9N2. The van der Waals surface area contributed by atoms with Gasteiger partial charge in [0.2, 0.25) is 0 Å². The summed E-state index contributed by atoms with van der Waals surface area (Å²) < 4.78 is 0. The molecule has 1 radical (unpaired) electrons. The van der Waals surface area contributed by atoms with Gasteiger partial charge in [0.15, 0.2) is 0 Å². The van der Waals surface area contributed by atoms with Crippen LogP contribution < -0.4 is 0 Å². The Morgan fingerprint density at radius 2 is 2.62 bits per heavy atom. The van der Waals surface area contributed by atoms with Crippen LogP contribution in [0.5, 0.6) is 0 Å². The highest BCUT2D eigenvalue weighted by molar-refractivity contribution is 4.94. The van der Waals surface area contributed by atoms with Gasteiger partial charge in [-0.15, -0.1) is 0 Å². The fraction of sp³-hybridized carbons (Fsp3) is 0.667. The van der Waals surface area contributed by atoms with E-state index in [0.29, 0.717) is 0 Å². The molecule has 0 aliphatic carbocycles. The highest BCUT2D eigenvalue weighted by Crippen LogP contribution is 2.15. The van der Waals surface area contributed by atoms with Crippen LogP contribution in [-0.4, -0.2) is 18.5 Å². The molecule has 0 aromatic heterocycles. The van der Waals surface area contributed by atoms with Gasteiger partial charge in [0.25, 0.3) is 0 Å². The van der Waals surface area contributed by atoms with Gasteiger partial charge in [-0.1, -0.05) is 0 Å². The first-order chi connectivity index (χ1) is 3.83. The van der Waals surface area contributed by atoms with E-state index in [1.165, 1.54) is 0 Å². The van der Waals surface area contributed by atoms with Gasteiger partial charge in [0.1, 0.15) is 0 Å². The molecule has 0 amide bonds. The smallest absolute Gasteiger partial charge is 0.0669 e. The summed E-state index contributed by atoms with van der Waals surface area (Å²) in [7, 11) is 2.00. The van der Waals surface area contributed by atoms with Crippen molar-refractivity contribution in [1.29, 1.82) is 5.26 Å². The van der Waals surface area contributed by atoms with E-state index in [1.807, 2.05) is 7.05 Å². The molecule has 1 saturated heterocycles. The molecule has 1 heterocycles. The van der Waals surface area contributed by atoms with Crippen LogP contribution in [0.2, 0.25) is 0 Å². The van der Waals surface area contributed by atoms with Gasteiger partial charge in [0.05, 0.1) is 12.0 Å². The summed E-state index contributed by atoms with van der Waals surface area (Å²) in [6.07, 6.45) is 0.938. The fourth-order valence-electron chi connectivity index (χ4n) is 0.897.